The van der Waals surface area contributed by atoms with Gasteiger partial charge in [-0.05, 0) is 81.3 Å². The molecule has 2 aliphatic heterocycles. The number of fused-ring (bicyclic) bond motifs is 2. The number of hydrogen-bond donors (Lipinski definition) is 0. The fourth-order valence-electron chi connectivity index (χ4n) is 6.54. The summed E-state index contributed by atoms with van der Waals surface area (Å²) in [5, 5.41) is 0. The Bertz CT molecular complexity index is 1380. The lowest BCUT2D eigenvalue weighted by molar-refractivity contribution is -0.0459. The molecule has 3 aromatic rings. The summed E-state index contributed by atoms with van der Waals surface area (Å²) in [4.78, 5) is 2.54. The first-order valence-corrected chi connectivity index (χ1v) is 13.8. The lowest BCUT2D eigenvalue weighted by Crippen LogP contribution is -2.36. The maximum atomic E-state index is 6.82. The van der Waals surface area contributed by atoms with Crippen LogP contribution in [0, 0.1) is 12.8 Å². The molecule has 0 amide bonds. The van der Waals surface area contributed by atoms with Gasteiger partial charge in [-0.3, -0.25) is 4.90 Å². The highest BCUT2D eigenvalue weighted by Gasteiger charge is 2.46. The summed E-state index contributed by atoms with van der Waals surface area (Å²) in [6, 6.07) is 25.0. The average molecular weight is 490 g/mol. The first kappa shape index (κ1) is 22.9. The van der Waals surface area contributed by atoms with Gasteiger partial charge in [-0.1, -0.05) is 78.4 Å². The topological polar surface area (TPSA) is 21.7 Å². The molecule has 4 unspecified atom stereocenters. The fraction of sp³-hybridized carbons (Fsp3) is 0.353. The zero-order valence-corrected chi connectivity index (χ0v) is 22.0. The predicted molar refractivity (Wildman–Crippen MR) is 148 cm³/mol. The number of ether oxygens (including phenoxy) is 2. The Labute approximate surface area is 220 Å². The minimum absolute atomic E-state index is 0.511. The van der Waals surface area contributed by atoms with Crippen molar-refractivity contribution in [1.82, 2.24) is 4.90 Å². The number of likely N-dealkylation sites (N-methyl/N-ethyl adjacent to an activating group) is 1. The van der Waals surface area contributed by atoms with Crippen LogP contribution in [0.15, 0.2) is 90.5 Å². The van der Waals surface area contributed by atoms with Gasteiger partial charge in [-0.25, -0.2) is 0 Å². The predicted octanol–water partition coefficient (Wildman–Crippen LogP) is 7.29. The van der Waals surface area contributed by atoms with Crippen molar-refractivity contribution in [1.29, 1.82) is 0 Å². The van der Waals surface area contributed by atoms with Crippen molar-refractivity contribution in [2.24, 2.45) is 5.92 Å². The van der Waals surface area contributed by atoms with Crippen molar-refractivity contribution in [3.05, 3.63) is 118 Å². The Kier molecular flexibility index (Phi) is 5.33. The summed E-state index contributed by atoms with van der Waals surface area (Å²) < 4.78 is 13.5. The van der Waals surface area contributed by atoms with Gasteiger partial charge in [0, 0.05) is 29.1 Å². The molecule has 3 nitrogen and oxygen atoms in total. The SMILES string of the molecule is Cc1ccc(C2(c3ccc(C4CC4)cc3)Oc3ccc(CC4C5=CC=CCC5N(C)C4C)cc3O2)cc1. The molecule has 2 fully saturated rings. The Morgan fingerprint density at radius 1 is 0.892 bits per heavy atom. The van der Waals surface area contributed by atoms with E-state index in [9.17, 15) is 0 Å². The Balaban J connectivity index is 1.22. The standard InChI is InChI=1S/C34H35NO2/c1-22-8-15-27(16-9-22)34(28-17-13-26(14-18-28)25-11-12-25)36-32-19-10-24(21-33(32)37-34)20-30-23(2)35(3)31-7-5-4-6-29(30)31/h4-6,8-10,13-19,21,23,25,30-31H,7,11-12,20H2,1-3H3. The number of hydrogen-bond acceptors (Lipinski definition) is 3. The van der Waals surface area contributed by atoms with Crippen LogP contribution in [0.2, 0.25) is 0 Å². The lowest BCUT2D eigenvalue weighted by atomic mass is 9.85. The zero-order valence-electron chi connectivity index (χ0n) is 22.0. The highest BCUT2D eigenvalue weighted by molar-refractivity contribution is 5.51. The van der Waals surface area contributed by atoms with Crippen LogP contribution in [-0.2, 0) is 12.2 Å². The molecule has 0 radical (unpaired) electrons. The molecule has 2 heterocycles. The molecular formula is C34H35NO2. The van der Waals surface area contributed by atoms with Crippen molar-refractivity contribution in [3.63, 3.8) is 0 Å². The largest absolute Gasteiger partial charge is 0.440 e. The molecule has 2 aliphatic carbocycles. The van der Waals surface area contributed by atoms with Crippen LogP contribution in [0.1, 0.15) is 59.9 Å². The molecule has 4 aliphatic rings. The molecule has 188 valence electrons. The van der Waals surface area contributed by atoms with Crippen LogP contribution < -0.4 is 9.47 Å². The number of likely N-dealkylation sites (tertiary alicyclic amines) is 1. The second-order valence-electron chi connectivity index (χ2n) is 11.4. The van der Waals surface area contributed by atoms with Crippen LogP contribution in [0.25, 0.3) is 0 Å². The summed E-state index contributed by atoms with van der Waals surface area (Å²) in [5.41, 5.74) is 7.56. The van der Waals surface area contributed by atoms with Crippen molar-refractivity contribution < 1.29 is 9.47 Å². The first-order chi connectivity index (χ1) is 18.0. The van der Waals surface area contributed by atoms with E-state index in [1.807, 2.05) is 0 Å². The molecule has 7 rings (SSSR count). The second-order valence-corrected chi connectivity index (χ2v) is 11.4. The second kappa shape index (κ2) is 8.63. The van der Waals surface area contributed by atoms with Gasteiger partial charge >= 0.3 is 5.79 Å². The normalized spacial score (nSPS) is 28.3. The summed E-state index contributed by atoms with van der Waals surface area (Å²) in [7, 11) is 2.27. The maximum absolute atomic E-state index is 6.82. The molecule has 0 spiro atoms. The van der Waals surface area contributed by atoms with Gasteiger partial charge in [0.05, 0.1) is 0 Å². The molecule has 0 N–H and O–H groups in total. The van der Waals surface area contributed by atoms with Crippen molar-refractivity contribution in [3.8, 4) is 11.5 Å². The molecule has 0 aromatic heterocycles. The molecule has 0 bridgehead atoms. The van der Waals surface area contributed by atoms with Crippen LogP contribution in [0.3, 0.4) is 0 Å². The van der Waals surface area contributed by atoms with Crippen LogP contribution in [-0.4, -0.2) is 24.0 Å². The van der Waals surface area contributed by atoms with E-state index in [-0.39, 0.29) is 0 Å². The van der Waals surface area contributed by atoms with Crippen LogP contribution >= 0.6 is 0 Å². The zero-order chi connectivity index (χ0) is 25.1. The molecule has 4 atom stereocenters. The van der Waals surface area contributed by atoms with Gasteiger partial charge in [0.15, 0.2) is 11.5 Å². The summed E-state index contributed by atoms with van der Waals surface area (Å²) in [5.74, 6) is 1.90. The fourth-order valence-corrected chi connectivity index (χ4v) is 6.54. The number of aryl methyl sites for hydroxylation is 1. The van der Waals surface area contributed by atoms with Gasteiger partial charge in [-0.15, -0.1) is 0 Å². The summed E-state index contributed by atoms with van der Waals surface area (Å²) >= 11 is 0. The first-order valence-electron chi connectivity index (χ1n) is 13.8. The van der Waals surface area contributed by atoms with Crippen LogP contribution in [0.4, 0.5) is 0 Å². The quantitative estimate of drug-likeness (QED) is 0.376. The van der Waals surface area contributed by atoms with Gasteiger partial charge in [0.2, 0.25) is 0 Å². The minimum atomic E-state index is -0.973. The van der Waals surface area contributed by atoms with Gasteiger partial charge < -0.3 is 9.47 Å². The molecule has 3 heteroatoms. The van der Waals surface area contributed by atoms with Gasteiger partial charge in [0.1, 0.15) is 0 Å². The minimum Gasteiger partial charge on any atom is -0.440 e. The number of nitrogens with zero attached hydrogens (tertiary/aromatic N) is 1. The lowest BCUT2D eigenvalue weighted by Gasteiger charge is -2.29. The van der Waals surface area contributed by atoms with E-state index < -0.39 is 5.79 Å². The van der Waals surface area contributed by atoms with E-state index in [1.54, 1.807) is 5.57 Å². The van der Waals surface area contributed by atoms with Crippen molar-refractivity contribution >= 4 is 0 Å². The van der Waals surface area contributed by atoms with E-state index in [0.29, 0.717) is 18.0 Å². The summed E-state index contributed by atoms with van der Waals surface area (Å²) in [6.45, 7) is 4.48. The van der Waals surface area contributed by atoms with Gasteiger partial charge in [0.25, 0.3) is 0 Å². The smallest absolute Gasteiger partial charge is 0.305 e. The third-order valence-corrected chi connectivity index (χ3v) is 9.06. The monoisotopic (exact) mass is 489 g/mol. The highest BCUT2D eigenvalue weighted by atomic mass is 16.7. The van der Waals surface area contributed by atoms with Crippen LogP contribution in [0.5, 0.6) is 11.5 Å². The molecule has 1 saturated heterocycles. The molecule has 1 saturated carbocycles. The molecule has 3 aromatic carbocycles. The van der Waals surface area contributed by atoms with Crippen molar-refractivity contribution in [2.75, 3.05) is 7.05 Å². The highest BCUT2D eigenvalue weighted by Crippen LogP contribution is 2.49. The molecule has 37 heavy (non-hydrogen) atoms. The summed E-state index contributed by atoms with van der Waals surface area (Å²) in [6.07, 6.45) is 11.6. The van der Waals surface area contributed by atoms with E-state index in [2.05, 4.69) is 111 Å². The van der Waals surface area contributed by atoms with Gasteiger partial charge in [-0.2, -0.15) is 0 Å². The average Bonchev–Trinajstić information content (AvgIpc) is 3.67. The Morgan fingerprint density at radius 3 is 2.32 bits per heavy atom. The molecular weight excluding hydrogens is 454 g/mol. The number of allylic oxidation sites excluding steroid dienone is 2. The van der Waals surface area contributed by atoms with E-state index in [4.69, 9.17) is 9.47 Å². The van der Waals surface area contributed by atoms with E-state index >= 15 is 0 Å². The Morgan fingerprint density at radius 2 is 1.59 bits per heavy atom. The maximum Gasteiger partial charge on any atom is 0.305 e. The third kappa shape index (κ3) is 3.83. The Hall–Kier alpha value is -3.30. The van der Waals surface area contributed by atoms with E-state index in [1.165, 1.54) is 29.5 Å². The third-order valence-electron chi connectivity index (χ3n) is 9.06. The number of benzene rings is 3. The van der Waals surface area contributed by atoms with E-state index in [0.717, 1.165) is 41.4 Å². The van der Waals surface area contributed by atoms with Crippen molar-refractivity contribution in [2.45, 2.75) is 63.3 Å². The number of rotatable bonds is 5.